The van der Waals surface area contributed by atoms with Crippen LogP contribution >= 0.6 is 0 Å². The summed E-state index contributed by atoms with van der Waals surface area (Å²) in [5.74, 6) is 2.20. The minimum Gasteiger partial charge on any atom is -0.491 e. The van der Waals surface area contributed by atoms with Crippen molar-refractivity contribution >= 4 is 14.1 Å². The molecule has 0 spiro atoms. The molecule has 0 amide bonds. The van der Waals surface area contributed by atoms with E-state index in [0.29, 0.717) is 42.0 Å². The summed E-state index contributed by atoms with van der Waals surface area (Å²) in [6.45, 7) is 12.3. The molecular formula is C26H32N4O4Si. The lowest BCUT2D eigenvalue weighted by Gasteiger charge is -2.36. The standard InChI is InChI=1S/C26H32N4O4Si/c1-26(2,3)35(4,5)34-15-14-32-21-12-9-13-22(17-21)33-18-20-16-23(31)30-25(27-20)28-24(29-30)19-10-7-6-8-11-19/h6-13,16-17H,14-15,18H2,1-5H3,(H,27,28,29). The molecule has 2 aromatic carbocycles. The van der Waals surface area contributed by atoms with Crippen LogP contribution in [0.4, 0.5) is 0 Å². The van der Waals surface area contributed by atoms with Gasteiger partial charge in [-0.1, -0.05) is 57.2 Å². The monoisotopic (exact) mass is 492 g/mol. The topological polar surface area (TPSA) is 90.7 Å². The molecule has 35 heavy (non-hydrogen) atoms. The molecule has 0 fully saturated rings. The minimum absolute atomic E-state index is 0.136. The summed E-state index contributed by atoms with van der Waals surface area (Å²) >= 11 is 0. The number of aromatic nitrogens is 4. The van der Waals surface area contributed by atoms with E-state index in [4.69, 9.17) is 13.9 Å². The molecule has 4 aromatic rings. The Kier molecular flexibility index (Phi) is 7.09. The second kappa shape index (κ2) is 10.0. The first-order valence-electron chi connectivity index (χ1n) is 11.7. The molecule has 4 rings (SSSR count). The van der Waals surface area contributed by atoms with Gasteiger partial charge in [-0.25, -0.2) is 4.98 Å². The van der Waals surface area contributed by atoms with E-state index in [0.717, 1.165) is 5.56 Å². The fourth-order valence-electron chi connectivity index (χ4n) is 3.21. The zero-order chi connectivity index (χ0) is 25.1. The highest BCUT2D eigenvalue weighted by atomic mass is 28.4. The Bertz CT molecular complexity index is 1340. The zero-order valence-electron chi connectivity index (χ0n) is 20.9. The van der Waals surface area contributed by atoms with Crippen molar-refractivity contribution in [2.75, 3.05) is 13.2 Å². The maximum absolute atomic E-state index is 12.6. The number of nitrogens with one attached hydrogen (secondary N) is 1. The van der Waals surface area contributed by atoms with E-state index in [1.54, 1.807) is 0 Å². The Labute approximate surface area is 206 Å². The van der Waals surface area contributed by atoms with Crippen molar-refractivity contribution in [3.63, 3.8) is 0 Å². The molecule has 8 nitrogen and oxygen atoms in total. The number of benzene rings is 2. The second-order valence-electron chi connectivity index (χ2n) is 9.88. The Balaban J connectivity index is 1.37. The molecule has 0 atom stereocenters. The molecule has 0 aliphatic heterocycles. The highest BCUT2D eigenvalue weighted by molar-refractivity contribution is 6.74. The van der Waals surface area contributed by atoms with Gasteiger partial charge in [-0.2, -0.15) is 9.50 Å². The molecule has 0 saturated carbocycles. The van der Waals surface area contributed by atoms with Gasteiger partial charge in [0.1, 0.15) is 24.7 Å². The van der Waals surface area contributed by atoms with Crippen LogP contribution in [0.1, 0.15) is 26.5 Å². The average molecular weight is 493 g/mol. The molecular weight excluding hydrogens is 460 g/mol. The third-order valence-corrected chi connectivity index (χ3v) is 10.8. The summed E-state index contributed by atoms with van der Waals surface area (Å²) in [6, 6.07) is 18.4. The van der Waals surface area contributed by atoms with Crippen LogP contribution in [0.3, 0.4) is 0 Å². The Morgan fingerprint density at radius 3 is 2.34 bits per heavy atom. The second-order valence-corrected chi connectivity index (χ2v) is 14.7. The van der Waals surface area contributed by atoms with Crippen molar-refractivity contribution in [1.82, 2.24) is 19.6 Å². The Hall–Kier alpha value is -3.43. The third kappa shape index (κ3) is 5.98. The van der Waals surface area contributed by atoms with Crippen LogP contribution in [-0.4, -0.2) is 41.1 Å². The fraction of sp³-hybridized carbons (Fsp3) is 0.346. The molecule has 0 aliphatic carbocycles. The lowest BCUT2D eigenvalue weighted by atomic mass is 10.2. The normalized spacial score (nSPS) is 12.1. The lowest BCUT2D eigenvalue weighted by molar-refractivity contribution is 0.202. The number of rotatable bonds is 9. The Morgan fingerprint density at radius 2 is 1.63 bits per heavy atom. The first-order chi connectivity index (χ1) is 16.6. The molecule has 184 valence electrons. The predicted molar refractivity (Wildman–Crippen MR) is 138 cm³/mol. The number of fused-ring (bicyclic) bond motifs is 1. The number of nitrogens with zero attached hydrogens (tertiary/aromatic N) is 3. The number of hydrogen-bond acceptors (Lipinski definition) is 6. The van der Waals surface area contributed by atoms with Crippen LogP contribution in [-0.2, 0) is 11.0 Å². The van der Waals surface area contributed by atoms with E-state index in [1.807, 2.05) is 54.6 Å². The third-order valence-electron chi connectivity index (χ3n) is 6.24. The minimum atomic E-state index is -1.79. The van der Waals surface area contributed by atoms with Gasteiger partial charge in [-0.05, 0) is 30.3 Å². The number of hydrogen-bond donors (Lipinski definition) is 1. The highest BCUT2D eigenvalue weighted by Gasteiger charge is 2.36. The summed E-state index contributed by atoms with van der Waals surface area (Å²) < 4.78 is 19.2. The van der Waals surface area contributed by atoms with Crippen molar-refractivity contribution in [3.8, 4) is 22.9 Å². The molecule has 1 N–H and O–H groups in total. The van der Waals surface area contributed by atoms with Gasteiger partial charge in [0, 0.05) is 17.7 Å². The van der Waals surface area contributed by atoms with E-state index in [1.165, 1.54) is 10.6 Å². The number of H-pyrrole nitrogens is 1. The van der Waals surface area contributed by atoms with Crippen molar-refractivity contribution in [2.45, 2.75) is 45.5 Å². The van der Waals surface area contributed by atoms with Gasteiger partial charge in [0.2, 0.25) is 0 Å². The molecule has 0 unspecified atom stereocenters. The number of ether oxygens (including phenoxy) is 2. The van der Waals surface area contributed by atoms with Gasteiger partial charge >= 0.3 is 0 Å². The summed E-state index contributed by atoms with van der Waals surface area (Å²) in [6.07, 6.45) is 0. The lowest BCUT2D eigenvalue weighted by Crippen LogP contribution is -2.41. The summed E-state index contributed by atoms with van der Waals surface area (Å²) in [4.78, 5) is 21.5. The largest absolute Gasteiger partial charge is 0.491 e. The van der Waals surface area contributed by atoms with Crippen LogP contribution in [0.5, 0.6) is 11.5 Å². The van der Waals surface area contributed by atoms with E-state index >= 15 is 0 Å². The van der Waals surface area contributed by atoms with Crippen molar-refractivity contribution < 1.29 is 13.9 Å². The van der Waals surface area contributed by atoms with Crippen molar-refractivity contribution in [3.05, 3.63) is 76.7 Å². The summed E-state index contributed by atoms with van der Waals surface area (Å²) in [7, 11) is -1.79. The van der Waals surface area contributed by atoms with Crippen LogP contribution < -0.4 is 15.0 Å². The van der Waals surface area contributed by atoms with Crippen LogP contribution in [0.15, 0.2) is 65.5 Å². The van der Waals surface area contributed by atoms with E-state index in [2.05, 4.69) is 48.9 Å². The molecule has 0 radical (unpaired) electrons. The number of aromatic amines is 1. The predicted octanol–water partition coefficient (Wildman–Crippen LogP) is 5.06. The first kappa shape index (κ1) is 24.7. The van der Waals surface area contributed by atoms with Crippen LogP contribution in [0.2, 0.25) is 18.1 Å². The Morgan fingerprint density at radius 1 is 0.914 bits per heavy atom. The van der Waals surface area contributed by atoms with Crippen molar-refractivity contribution in [1.29, 1.82) is 0 Å². The zero-order valence-corrected chi connectivity index (χ0v) is 21.9. The van der Waals surface area contributed by atoms with Gasteiger partial charge < -0.3 is 13.9 Å². The summed E-state index contributed by atoms with van der Waals surface area (Å²) in [5.41, 5.74) is 1.12. The van der Waals surface area contributed by atoms with Gasteiger partial charge in [0.15, 0.2) is 14.1 Å². The molecule has 2 aromatic heterocycles. The van der Waals surface area contributed by atoms with Crippen molar-refractivity contribution in [2.24, 2.45) is 0 Å². The van der Waals surface area contributed by atoms with Gasteiger partial charge in [-0.3, -0.25) is 9.89 Å². The molecule has 0 bridgehead atoms. The van der Waals surface area contributed by atoms with Crippen LogP contribution in [0.25, 0.3) is 17.2 Å². The van der Waals surface area contributed by atoms with Crippen LogP contribution in [0, 0.1) is 0 Å². The van der Waals surface area contributed by atoms with E-state index in [9.17, 15) is 4.79 Å². The van der Waals surface area contributed by atoms with Gasteiger partial charge in [-0.15, -0.1) is 0 Å². The first-order valence-corrected chi connectivity index (χ1v) is 14.6. The van der Waals surface area contributed by atoms with Gasteiger partial charge in [0.25, 0.3) is 11.3 Å². The average Bonchev–Trinajstić information content (AvgIpc) is 3.26. The molecule has 0 aliphatic rings. The van der Waals surface area contributed by atoms with E-state index < -0.39 is 8.32 Å². The maximum Gasteiger partial charge on any atom is 0.274 e. The smallest absolute Gasteiger partial charge is 0.274 e. The van der Waals surface area contributed by atoms with Gasteiger partial charge in [0.05, 0.1) is 12.3 Å². The summed E-state index contributed by atoms with van der Waals surface area (Å²) in [5, 5.41) is 3.16. The van der Waals surface area contributed by atoms with E-state index in [-0.39, 0.29) is 17.2 Å². The quantitative estimate of drug-likeness (QED) is 0.259. The molecule has 2 heterocycles. The maximum atomic E-state index is 12.6. The fourth-order valence-corrected chi connectivity index (χ4v) is 4.24. The molecule has 0 saturated heterocycles. The highest BCUT2D eigenvalue weighted by Crippen LogP contribution is 2.36. The SMILES string of the molecule is CC(C)(C)[Si](C)(C)OCCOc1cccc(OCc2cc(=O)n3[nH]c(-c4ccccc4)nc3n2)c1. The molecule has 9 heteroatoms.